The number of rotatable bonds is 3. The summed E-state index contributed by atoms with van der Waals surface area (Å²) in [4.78, 5) is 14.5. The molecule has 20 heavy (non-hydrogen) atoms. The van der Waals surface area contributed by atoms with E-state index < -0.39 is 4.92 Å². The van der Waals surface area contributed by atoms with Gasteiger partial charge in [0.1, 0.15) is 0 Å². The SMILES string of the molecule is Cc1ccc([N+](=O)[O-])cc1N=Cc1cccc(Cl)c1Cl. The Labute approximate surface area is 125 Å². The van der Waals surface area contributed by atoms with Crippen molar-refractivity contribution in [3.8, 4) is 0 Å². The van der Waals surface area contributed by atoms with Crippen molar-refractivity contribution in [2.75, 3.05) is 0 Å². The fourth-order valence-corrected chi connectivity index (χ4v) is 1.97. The molecule has 0 saturated heterocycles. The lowest BCUT2D eigenvalue weighted by Gasteiger charge is -2.02. The molecule has 0 aromatic heterocycles. The number of benzene rings is 2. The fourth-order valence-electron chi connectivity index (χ4n) is 1.61. The van der Waals surface area contributed by atoms with Gasteiger partial charge in [-0.2, -0.15) is 0 Å². The Morgan fingerprint density at radius 3 is 2.70 bits per heavy atom. The molecular weight excluding hydrogens is 299 g/mol. The van der Waals surface area contributed by atoms with Gasteiger partial charge < -0.3 is 0 Å². The molecule has 0 spiro atoms. The summed E-state index contributed by atoms with van der Waals surface area (Å²) in [5, 5.41) is 11.6. The van der Waals surface area contributed by atoms with E-state index in [2.05, 4.69) is 4.99 Å². The van der Waals surface area contributed by atoms with Gasteiger partial charge in [-0.05, 0) is 18.6 Å². The lowest BCUT2D eigenvalue weighted by molar-refractivity contribution is -0.384. The second kappa shape index (κ2) is 6.03. The van der Waals surface area contributed by atoms with E-state index in [1.807, 2.05) is 6.92 Å². The van der Waals surface area contributed by atoms with Crippen LogP contribution in [0.4, 0.5) is 11.4 Å². The molecule has 6 heteroatoms. The summed E-state index contributed by atoms with van der Waals surface area (Å²) in [5.74, 6) is 0. The minimum atomic E-state index is -0.454. The van der Waals surface area contributed by atoms with Crippen molar-refractivity contribution in [1.82, 2.24) is 0 Å². The quantitative estimate of drug-likeness (QED) is 0.457. The molecule has 0 unspecified atom stereocenters. The molecule has 2 aromatic rings. The molecule has 4 nitrogen and oxygen atoms in total. The zero-order valence-corrected chi connectivity index (χ0v) is 12.0. The van der Waals surface area contributed by atoms with Crippen LogP contribution in [0.1, 0.15) is 11.1 Å². The van der Waals surface area contributed by atoms with Crippen LogP contribution in [-0.4, -0.2) is 11.1 Å². The number of hydrogen-bond acceptors (Lipinski definition) is 3. The van der Waals surface area contributed by atoms with E-state index in [4.69, 9.17) is 23.2 Å². The van der Waals surface area contributed by atoms with E-state index in [1.54, 1.807) is 30.5 Å². The smallest absolute Gasteiger partial charge is 0.258 e. The van der Waals surface area contributed by atoms with Gasteiger partial charge in [0.2, 0.25) is 0 Å². The molecule has 102 valence electrons. The standard InChI is InChI=1S/C14H10Cl2N2O2/c1-9-5-6-11(18(19)20)7-13(9)17-8-10-3-2-4-12(15)14(10)16/h2-8H,1H3. The van der Waals surface area contributed by atoms with Gasteiger partial charge in [0.15, 0.2) is 0 Å². The largest absolute Gasteiger partial charge is 0.271 e. The van der Waals surface area contributed by atoms with Crippen molar-refractivity contribution in [2.45, 2.75) is 6.92 Å². The zero-order chi connectivity index (χ0) is 14.7. The molecule has 0 atom stereocenters. The molecule has 0 aliphatic heterocycles. The highest BCUT2D eigenvalue weighted by Gasteiger charge is 2.08. The molecule has 2 aromatic carbocycles. The maximum atomic E-state index is 10.8. The van der Waals surface area contributed by atoms with Crippen molar-refractivity contribution >= 4 is 40.8 Å². The van der Waals surface area contributed by atoms with E-state index >= 15 is 0 Å². The van der Waals surface area contributed by atoms with Gasteiger partial charge in [-0.15, -0.1) is 0 Å². The summed E-state index contributed by atoms with van der Waals surface area (Å²) >= 11 is 12.0. The predicted octanol–water partition coefficient (Wildman–Crippen LogP) is 4.96. The van der Waals surface area contributed by atoms with Crippen molar-refractivity contribution in [3.63, 3.8) is 0 Å². The van der Waals surface area contributed by atoms with Crippen molar-refractivity contribution in [3.05, 3.63) is 67.7 Å². The Morgan fingerprint density at radius 1 is 1.25 bits per heavy atom. The van der Waals surface area contributed by atoms with E-state index in [0.29, 0.717) is 21.3 Å². The van der Waals surface area contributed by atoms with E-state index in [-0.39, 0.29) is 5.69 Å². The van der Waals surface area contributed by atoms with Crippen LogP contribution in [0.3, 0.4) is 0 Å². The highest BCUT2D eigenvalue weighted by molar-refractivity contribution is 6.43. The molecule has 0 bridgehead atoms. The minimum Gasteiger partial charge on any atom is -0.258 e. The first-order valence-electron chi connectivity index (χ1n) is 5.72. The van der Waals surface area contributed by atoms with Crippen LogP contribution in [0.2, 0.25) is 10.0 Å². The van der Waals surface area contributed by atoms with E-state index in [9.17, 15) is 10.1 Å². The second-order valence-corrected chi connectivity index (χ2v) is 4.91. The highest BCUT2D eigenvalue weighted by atomic mass is 35.5. The van der Waals surface area contributed by atoms with E-state index in [0.717, 1.165) is 5.56 Å². The van der Waals surface area contributed by atoms with Crippen LogP contribution in [0.25, 0.3) is 0 Å². The first-order chi connectivity index (χ1) is 9.49. The van der Waals surface area contributed by atoms with Gasteiger partial charge in [0, 0.05) is 23.9 Å². The zero-order valence-electron chi connectivity index (χ0n) is 10.5. The summed E-state index contributed by atoms with van der Waals surface area (Å²) in [6.07, 6.45) is 1.54. The van der Waals surface area contributed by atoms with Gasteiger partial charge in [0.25, 0.3) is 5.69 Å². The third-order valence-electron chi connectivity index (χ3n) is 2.73. The topological polar surface area (TPSA) is 55.5 Å². The fraction of sp³-hybridized carbons (Fsp3) is 0.0714. The van der Waals surface area contributed by atoms with Crippen molar-refractivity contribution < 1.29 is 4.92 Å². The monoisotopic (exact) mass is 308 g/mol. The summed E-state index contributed by atoms with van der Waals surface area (Å²) in [5.41, 5.74) is 2.02. The molecule has 0 N–H and O–H groups in total. The summed E-state index contributed by atoms with van der Waals surface area (Å²) in [6, 6.07) is 9.73. The first kappa shape index (κ1) is 14.5. The number of hydrogen-bond donors (Lipinski definition) is 0. The summed E-state index contributed by atoms with van der Waals surface area (Å²) < 4.78 is 0. The molecule has 2 rings (SSSR count). The average molecular weight is 309 g/mol. The molecule has 0 heterocycles. The van der Waals surface area contributed by atoms with Gasteiger partial charge >= 0.3 is 0 Å². The van der Waals surface area contributed by atoms with Gasteiger partial charge in [-0.25, -0.2) is 0 Å². The first-order valence-corrected chi connectivity index (χ1v) is 6.48. The van der Waals surface area contributed by atoms with Crippen LogP contribution in [0, 0.1) is 17.0 Å². The molecule has 0 saturated carbocycles. The minimum absolute atomic E-state index is 0.0000546. The predicted molar refractivity (Wildman–Crippen MR) is 81.5 cm³/mol. The van der Waals surface area contributed by atoms with Crippen LogP contribution in [0.5, 0.6) is 0 Å². The van der Waals surface area contributed by atoms with Gasteiger partial charge in [-0.3, -0.25) is 15.1 Å². The summed E-state index contributed by atoms with van der Waals surface area (Å²) in [6.45, 7) is 1.83. The maximum Gasteiger partial charge on any atom is 0.271 e. The number of aryl methyl sites for hydroxylation is 1. The normalized spacial score (nSPS) is 10.9. The van der Waals surface area contributed by atoms with Crippen molar-refractivity contribution in [1.29, 1.82) is 0 Å². The van der Waals surface area contributed by atoms with Crippen molar-refractivity contribution in [2.24, 2.45) is 4.99 Å². The number of aliphatic imine (C=N–C) groups is 1. The van der Waals surface area contributed by atoms with Crippen LogP contribution >= 0.6 is 23.2 Å². The Hall–Kier alpha value is -1.91. The number of non-ortho nitro benzene ring substituents is 1. The number of nitro benzene ring substituents is 1. The third kappa shape index (κ3) is 3.15. The molecule has 0 radical (unpaired) electrons. The van der Waals surface area contributed by atoms with Crippen LogP contribution in [-0.2, 0) is 0 Å². The summed E-state index contributed by atoms with van der Waals surface area (Å²) in [7, 11) is 0. The Balaban J connectivity index is 2.38. The van der Waals surface area contributed by atoms with Crippen LogP contribution in [0.15, 0.2) is 41.4 Å². The lowest BCUT2D eigenvalue weighted by atomic mass is 10.2. The maximum absolute atomic E-state index is 10.8. The Kier molecular flexibility index (Phi) is 4.37. The third-order valence-corrected chi connectivity index (χ3v) is 3.56. The van der Waals surface area contributed by atoms with E-state index in [1.165, 1.54) is 12.1 Å². The lowest BCUT2D eigenvalue weighted by Crippen LogP contribution is -1.88. The number of halogens is 2. The van der Waals surface area contributed by atoms with Crippen LogP contribution < -0.4 is 0 Å². The average Bonchev–Trinajstić information content (AvgIpc) is 2.41. The molecular formula is C14H10Cl2N2O2. The molecule has 0 fully saturated rings. The Morgan fingerprint density at radius 2 is 2.00 bits per heavy atom. The van der Waals surface area contributed by atoms with Gasteiger partial charge in [-0.1, -0.05) is 41.4 Å². The number of nitrogens with zero attached hydrogens (tertiary/aromatic N) is 2. The van der Waals surface area contributed by atoms with Gasteiger partial charge in [0.05, 0.1) is 20.7 Å². The molecule has 0 amide bonds. The number of nitro groups is 1. The molecule has 0 aliphatic carbocycles. The molecule has 0 aliphatic rings. The highest BCUT2D eigenvalue weighted by Crippen LogP contribution is 2.27. The Bertz CT molecular complexity index is 700. The second-order valence-electron chi connectivity index (χ2n) is 4.13.